The lowest BCUT2D eigenvalue weighted by Crippen LogP contribution is -2.22. The SMILES string of the molecule is O=C(NCc1ccco1)c1cnn2cc(Br)cnc12. The molecule has 0 aliphatic heterocycles. The van der Waals surface area contributed by atoms with Crippen molar-refractivity contribution in [1.82, 2.24) is 19.9 Å². The van der Waals surface area contributed by atoms with Crippen molar-refractivity contribution in [2.24, 2.45) is 0 Å². The van der Waals surface area contributed by atoms with E-state index in [2.05, 4.69) is 31.3 Å². The molecule has 0 unspecified atom stereocenters. The zero-order valence-electron chi connectivity index (χ0n) is 9.71. The van der Waals surface area contributed by atoms with Crippen molar-refractivity contribution in [3.8, 4) is 0 Å². The molecule has 0 aliphatic rings. The van der Waals surface area contributed by atoms with Gasteiger partial charge in [-0.05, 0) is 28.1 Å². The number of amides is 1. The van der Waals surface area contributed by atoms with Crippen LogP contribution in [0.5, 0.6) is 0 Å². The summed E-state index contributed by atoms with van der Waals surface area (Å²) in [5.41, 5.74) is 0.944. The lowest BCUT2D eigenvalue weighted by molar-refractivity contribution is 0.0949. The van der Waals surface area contributed by atoms with Crippen molar-refractivity contribution in [2.45, 2.75) is 6.54 Å². The van der Waals surface area contributed by atoms with Crippen LogP contribution in [0.15, 0.2) is 45.9 Å². The monoisotopic (exact) mass is 320 g/mol. The minimum atomic E-state index is -0.235. The van der Waals surface area contributed by atoms with Gasteiger partial charge in [0.15, 0.2) is 5.65 Å². The Morgan fingerprint density at radius 3 is 3.16 bits per heavy atom. The zero-order chi connectivity index (χ0) is 13.2. The third-order valence-corrected chi connectivity index (χ3v) is 2.98. The Labute approximate surface area is 116 Å². The quantitative estimate of drug-likeness (QED) is 0.801. The van der Waals surface area contributed by atoms with Gasteiger partial charge in [0.2, 0.25) is 0 Å². The molecule has 0 aliphatic carbocycles. The fraction of sp³-hybridized carbons (Fsp3) is 0.0833. The van der Waals surface area contributed by atoms with Crippen LogP contribution in [-0.4, -0.2) is 20.5 Å². The molecule has 0 saturated heterocycles. The Kier molecular flexibility index (Phi) is 3.04. The maximum Gasteiger partial charge on any atom is 0.257 e. The topological polar surface area (TPSA) is 72.4 Å². The van der Waals surface area contributed by atoms with Gasteiger partial charge in [0.1, 0.15) is 11.3 Å². The van der Waals surface area contributed by atoms with Crippen molar-refractivity contribution < 1.29 is 9.21 Å². The van der Waals surface area contributed by atoms with Gasteiger partial charge in [-0.2, -0.15) is 5.10 Å². The van der Waals surface area contributed by atoms with Crippen LogP contribution in [-0.2, 0) is 6.54 Å². The van der Waals surface area contributed by atoms with Crippen LogP contribution in [0.4, 0.5) is 0 Å². The summed E-state index contributed by atoms with van der Waals surface area (Å²) in [6.07, 6.45) is 6.42. The van der Waals surface area contributed by atoms with E-state index in [4.69, 9.17) is 4.42 Å². The molecule has 19 heavy (non-hydrogen) atoms. The van der Waals surface area contributed by atoms with Crippen molar-refractivity contribution in [3.05, 3.63) is 52.8 Å². The van der Waals surface area contributed by atoms with Gasteiger partial charge in [-0.1, -0.05) is 0 Å². The zero-order valence-corrected chi connectivity index (χ0v) is 11.3. The summed E-state index contributed by atoms with van der Waals surface area (Å²) in [5.74, 6) is 0.460. The summed E-state index contributed by atoms with van der Waals surface area (Å²) >= 11 is 3.30. The summed E-state index contributed by atoms with van der Waals surface area (Å²) in [6, 6.07) is 3.57. The molecular formula is C12H9BrN4O2. The lowest BCUT2D eigenvalue weighted by Gasteiger charge is -2.01. The van der Waals surface area contributed by atoms with Crippen molar-refractivity contribution in [1.29, 1.82) is 0 Å². The largest absolute Gasteiger partial charge is 0.467 e. The highest BCUT2D eigenvalue weighted by Crippen LogP contribution is 2.12. The predicted molar refractivity (Wildman–Crippen MR) is 70.6 cm³/mol. The fourth-order valence-corrected chi connectivity index (χ4v) is 1.98. The first-order valence-corrected chi connectivity index (χ1v) is 6.33. The standard InChI is InChI=1S/C12H9BrN4O2/c13-8-4-14-11-10(6-16-17(11)7-8)12(18)15-5-9-2-1-3-19-9/h1-4,6-7H,5H2,(H,15,18). The van der Waals surface area contributed by atoms with E-state index >= 15 is 0 Å². The van der Waals surface area contributed by atoms with E-state index in [1.54, 1.807) is 35.3 Å². The Bertz CT molecular complexity index is 720. The van der Waals surface area contributed by atoms with E-state index in [-0.39, 0.29) is 5.91 Å². The van der Waals surface area contributed by atoms with Crippen molar-refractivity contribution in [2.75, 3.05) is 0 Å². The Morgan fingerprint density at radius 2 is 2.37 bits per heavy atom. The number of furan rings is 1. The molecule has 96 valence electrons. The third kappa shape index (κ3) is 2.37. The van der Waals surface area contributed by atoms with Gasteiger partial charge >= 0.3 is 0 Å². The van der Waals surface area contributed by atoms with Gasteiger partial charge in [-0.15, -0.1) is 0 Å². The minimum Gasteiger partial charge on any atom is -0.467 e. The molecular weight excluding hydrogens is 312 g/mol. The molecule has 3 aromatic rings. The van der Waals surface area contributed by atoms with Crippen molar-refractivity contribution in [3.63, 3.8) is 0 Å². The molecule has 0 spiro atoms. The molecule has 0 fully saturated rings. The number of nitrogens with one attached hydrogen (secondary N) is 1. The van der Waals surface area contributed by atoms with Crippen LogP contribution < -0.4 is 5.32 Å². The number of rotatable bonds is 3. The number of carbonyl (C=O) groups is 1. The highest BCUT2D eigenvalue weighted by molar-refractivity contribution is 9.10. The third-order valence-electron chi connectivity index (χ3n) is 2.57. The number of hydrogen-bond acceptors (Lipinski definition) is 4. The van der Waals surface area contributed by atoms with Crippen LogP contribution in [0.1, 0.15) is 16.1 Å². The Balaban J connectivity index is 1.81. The average Bonchev–Trinajstić information content (AvgIpc) is 3.04. The number of carbonyl (C=O) groups excluding carboxylic acids is 1. The maximum absolute atomic E-state index is 12.0. The van der Waals surface area contributed by atoms with Gasteiger partial charge in [0.05, 0.1) is 23.5 Å². The van der Waals surface area contributed by atoms with Crippen LogP contribution in [0.3, 0.4) is 0 Å². The van der Waals surface area contributed by atoms with Gasteiger partial charge in [0, 0.05) is 12.4 Å². The number of nitrogens with zero attached hydrogens (tertiary/aromatic N) is 3. The molecule has 0 aromatic carbocycles. The summed E-state index contributed by atoms with van der Waals surface area (Å²) in [7, 11) is 0. The van der Waals surface area contributed by atoms with E-state index in [9.17, 15) is 4.79 Å². The summed E-state index contributed by atoms with van der Waals surface area (Å²) in [6.45, 7) is 0.333. The molecule has 0 bridgehead atoms. The molecule has 6 nitrogen and oxygen atoms in total. The number of aromatic nitrogens is 3. The smallest absolute Gasteiger partial charge is 0.257 e. The molecule has 1 N–H and O–H groups in total. The summed E-state index contributed by atoms with van der Waals surface area (Å²) in [5, 5.41) is 6.84. The molecule has 3 heterocycles. The molecule has 3 rings (SSSR count). The molecule has 0 radical (unpaired) electrons. The molecule has 1 amide bonds. The van der Waals surface area contributed by atoms with E-state index in [1.165, 1.54) is 6.20 Å². The van der Waals surface area contributed by atoms with Crippen molar-refractivity contribution >= 4 is 27.5 Å². The lowest BCUT2D eigenvalue weighted by atomic mass is 10.3. The fourth-order valence-electron chi connectivity index (χ4n) is 1.69. The van der Waals surface area contributed by atoms with Gasteiger partial charge < -0.3 is 9.73 Å². The second kappa shape index (κ2) is 4.85. The second-order valence-electron chi connectivity index (χ2n) is 3.86. The first kappa shape index (κ1) is 11.9. The van der Waals surface area contributed by atoms with Crippen LogP contribution in [0.25, 0.3) is 5.65 Å². The van der Waals surface area contributed by atoms with Crippen LogP contribution in [0.2, 0.25) is 0 Å². The molecule has 7 heteroatoms. The van der Waals surface area contributed by atoms with Gasteiger partial charge in [0.25, 0.3) is 5.91 Å². The molecule has 3 aromatic heterocycles. The van der Waals surface area contributed by atoms with E-state index in [0.717, 1.165) is 4.47 Å². The van der Waals surface area contributed by atoms with Gasteiger partial charge in [-0.3, -0.25) is 4.79 Å². The predicted octanol–water partition coefficient (Wildman–Crippen LogP) is 2.01. The first-order valence-electron chi connectivity index (χ1n) is 5.53. The normalized spacial score (nSPS) is 10.8. The summed E-state index contributed by atoms with van der Waals surface area (Å²) in [4.78, 5) is 16.2. The minimum absolute atomic E-state index is 0.235. The highest BCUT2D eigenvalue weighted by atomic mass is 79.9. The van der Waals surface area contributed by atoms with Crippen LogP contribution in [0, 0.1) is 0 Å². The average molecular weight is 321 g/mol. The molecule has 0 atom stereocenters. The van der Waals surface area contributed by atoms with Crippen LogP contribution >= 0.6 is 15.9 Å². The maximum atomic E-state index is 12.0. The van der Waals surface area contributed by atoms with E-state index < -0.39 is 0 Å². The molecule has 0 saturated carbocycles. The highest BCUT2D eigenvalue weighted by Gasteiger charge is 2.14. The first-order chi connectivity index (χ1) is 9.24. The summed E-state index contributed by atoms with van der Waals surface area (Å²) < 4.78 is 7.49. The van der Waals surface area contributed by atoms with E-state index in [1.807, 2.05) is 0 Å². The Hall–Kier alpha value is -2.15. The van der Waals surface area contributed by atoms with E-state index in [0.29, 0.717) is 23.5 Å². The number of fused-ring (bicyclic) bond motifs is 1. The number of hydrogen-bond donors (Lipinski definition) is 1. The Morgan fingerprint density at radius 1 is 1.47 bits per heavy atom. The second-order valence-corrected chi connectivity index (χ2v) is 4.78. The number of halogens is 1. The van der Waals surface area contributed by atoms with Gasteiger partial charge in [-0.25, -0.2) is 9.50 Å².